The van der Waals surface area contributed by atoms with E-state index in [4.69, 9.17) is 5.10 Å². The first kappa shape index (κ1) is 17.9. The number of nitrogens with zero attached hydrogens (tertiary/aromatic N) is 3. The fourth-order valence-corrected chi connectivity index (χ4v) is 4.76. The van der Waals surface area contributed by atoms with Crippen molar-refractivity contribution in [3.8, 4) is 0 Å². The molecule has 5 nitrogen and oxygen atoms in total. The first-order valence-electron chi connectivity index (χ1n) is 9.20. The van der Waals surface area contributed by atoms with Gasteiger partial charge in [-0.05, 0) is 23.8 Å². The van der Waals surface area contributed by atoms with Gasteiger partial charge in [0.25, 0.3) is 0 Å². The molecule has 0 bridgehead atoms. The highest BCUT2D eigenvalue weighted by molar-refractivity contribution is 7.91. The van der Waals surface area contributed by atoms with E-state index in [0.717, 1.165) is 37.4 Å². The van der Waals surface area contributed by atoms with E-state index in [-0.39, 0.29) is 5.75 Å². The van der Waals surface area contributed by atoms with Crippen LogP contribution in [0.25, 0.3) is 0 Å². The van der Waals surface area contributed by atoms with Gasteiger partial charge in [0.15, 0.2) is 9.84 Å². The molecule has 1 aliphatic heterocycles. The third kappa shape index (κ3) is 4.28. The van der Waals surface area contributed by atoms with Crippen LogP contribution < -0.4 is 0 Å². The van der Waals surface area contributed by atoms with E-state index in [0.29, 0.717) is 11.4 Å². The molecule has 0 atom stereocenters. The van der Waals surface area contributed by atoms with Gasteiger partial charge in [0.05, 0.1) is 28.6 Å². The van der Waals surface area contributed by atoms with Gasteiger partial charge in [0.2, 0.25) is 0 Å². The largest absolute Gasteiger partial charge is 0.295 e. The molecule has 0 spiro atoms. The van der Waals surface area contributed by atoms with E-state index in [9.17, 15) is 8.42 Å². The summed E-state index contributed by atoms with van der Waals surface area (Å²) in [4.78, 5) is 2.60. The van der Waals surface area contributed by atoms with Crippen LogP contribution in [0.15, 0.2) is 71.6 Å². The van der Waals surface area contributed by atoms with Crippen molar-refractivity contribution in [2.24, 2.45) is 0 Å². The van der Waals surface area contributed by atoms with Crippen molar-refractivity contribution in [1.82, 2.24) is 14.7 Å². The molecule has 0 aliphatic carbocycles. The van der Waals surface area contributed by atoms with Crippen LogP contribution in [0.3, 0.4) is 0 Å². The Morgan fingerprint density at radius 2 is 1.63 bits per heavy atom. The summed E-state index contributed by atoms with van der Waals surface area (Å²) in [5, 5.41) is 4.71. The van der Waals surface area contributed by atoms with Crippen molar-refractivity contribution in [2.75, 3.05) is 18.8 Å². The Kier molecular flexibility index (Phi) is 5.09. The smallest absolute Gasteiger partial charge is 0.179 e. The number of hydrogen-bond acceptors (Lipinski definition) is 4. The molecule has 1 aliphatic rings. The van der Waals surface area contributed by atoms with Gasteiger partial charge >= 0.3 is 0 Å². The third-order valence-corrected chi connectivity index (χ3v) is 6.64. The van der Waals surface area contributed by atoms with Crippen molar-refractivity contribution in [3.05, 3.63) is 83.7 Å². The first-order chi connectivity index (χ1) is 13.1. The minimum atomic E-state index is -3.24. The fraction of sp³-hybridized carbons (Fsp3) is 0.286. The first-order valence-corrected chi connectivity index (χ1v) is 10.8. The summed E-state index contributed by atoms with van der Waals surface area (Å²) in [6.07, 6.45) is 0.823. The molecule has 27 heavy (non-hydrogen) atoms. The van der Waals surface area contributed by atoms with Crippen molar-refractivity contribution in [3.63, 3.8) is 0 Å². The Labute approximate surface area is 160 Å². The van der Waals surface area contributed by atoms with Gasteiger partial charge in [-0.25, -0.2) is 8.42 Å². The maximum absolute atomic E-state index is 12.5. The van der Waals surface area contributed by atoms with Crippen LogP contribution in [0.4, 0.5) is 0 Å². The number of hydrogen-bond donors (Lipinski definition) is 0. The monoisotopic (exact) mass is 381 g/mol. The predicted octanol–water partition coefficient (Wildman–Crippen LogP) is 2.76. The van der Waals surface area contributed by atoms with Gasteiger partial charge < -0.3 is 0 Å². The van der Waals surface area contributed by atoms with Crippen LogP contribution in [0, 0.1) is 0 Å². The normalized spacial score (nSPS) is 14.8. The molecule has 140 valence electrons. The quantitative estimate of drug-likeness (QED) is 0.659. The third-order valence-electron chi connectivity index (χ3n) is 4.93. The molecule has 0 N–H and O–H groups in total. The number of benzene rings is 2. The lowest BCUT2D eigenvalue weighted by atomic mass is 10.1. The number of aromatic nitrogens is 2. The summed E-state index contributed by atoms with van der Waals surface area (Å²) in [7, 11) is -3.24. The molecule has 0 unspecified atom stereocenters. The van der Waals surface area contributed by atoms with Gasteiger partial charge in [-0.15, -0.1) is 0 Å². The van der Waals surface area contributed by atoms with Gasteiger partial charge in [-0.1, -0.05) is 48.5 Å². The van der Waals surface area contributed by atoms with Crippen molar-refractivity contribution in [2.45, 2.75) is 24.4 Å². The Bertz CT molecular complexity index is 998. The van der Waals surface area contributed by atoms with Crippen LogP contribution in [-0.2, 0) is 29.3 Å². The second-order valence-corrected chi connectivity index (χ2v) is 9.03. The number of fused-ring (bicyclic) bond motifs is 1. The highest BCUT2D eigenvalue weighted by atomic mass is 32.2. The van der Waals surface area contributed by atoms with Crippen LogP contribution in [0.2, 0.25) is 0 Å². The topological polar surface area (TPSA) is 55.2 Å². The van der Waals surface area contributed by atoms with E-state index >= 15 is 0 Å². The maximum Gasteiger partial charge on any atom is 0.179 e. The summed E-state index contributed by atoms with van der Waals surface area (Å²) < 4.78 is 27.0. The second-order valence-electron chi connectivity index (χ2n) is 6.92. The second kappa shape index (κ2) is 7.66. The summed E-state index contributed by atoms with van der Waals surface area (Å²) in [6, 6.07) is 21.2. The molecule has 6 heteroatoms. The molecule has 0 radical (unpaired) electrons. The molecular formula is C21H23N3O2S. The zero-order chi connectivity index (χ0) is 18.7. The zero-order valence-electron chi connectivity index (χ0n) is 15.2. The van der Waals surface area contributed by atoms with Crippen LogP contribution in [-0.4, -0.2) is 41.9 Å². The van der Waals surface area contributed by atoms with Crippen molar-refractivity contribution < 1.29 is 8.42 Å². The minimum Gasteiger partial charge on any atom is -0.295 e. The van der Waals surface area contributed by atoms with E-state index in [1.807, 2.05) is 24.3 Å². The molecule has 3 aromatic rings. The average molecular weight is 382 g/mol. The lowest BCUT2D eigenvalue weighted by molar-refractivity contribution is 0.224. The van der Waals surface area contributed by atoms with Gasteiger partial charge in [-0.2, -0.15) is 5.10 Å². The molecule has 1 aromatic heterocycles. The molecule has 2 heterocycles. The van der Waals surface area contributed by atoms with Gasteiger partial charge in [-0.3, -0.25) is 9.58 Å². The summed E-state index contributed by atoms with van der Waals surface area (Å²) in [5.41, 5.74) is 3.47. The van der Waals surface area contributed by atoms with Crippen molar-refractivity contribution in [1.29, 1.82) is 0 Å². The van der Waals surface area contributed by atoms with Gasteiger partial charge in [0, 0.05) is 26.1 Å². The Morgan fingerprint density at radius 3 is 2.37 bits per heavy atom. The molecule has 0 fully saturated rings. The average Bonchev–Trinajstić information content (AvgIpc) is 3.09. The van der Waals surface area contributed by atoms with Crippen molar-refractivity contribution >= 4 is 9.84 Å². The molecule has 0 saturated carbocycles. The SMILES string of the molecule is O=S(=O)(CCN1CCn2nc(Cc3ccccc3)cc2C1)c1ccccc1. The molecule has 4 rings (SSSR count). The lowest BCUT2D eigenvalue weighted by Crippen LogP contribution is -2.36. The highest BCUT2D eigenvalue weighted by Crippen LogP contribution is 2.17. The molecule has 0 amide bonds. The standard InChI is InChI=1S/C21H23N3O2S/c25-27(26,21-9-5-2-6-10-21)14-13-23-11-12-24-20(17-23)16-19(22-24)15-18-7-3-1-4-8-18/h1-10,16H,11-15,17H2. The minimum absolute atomic E-state index is 0.141. The fourth-order valence-electron chi connectivity index (χ4n) is 3.46. The summed E-state index contributed by atoms with van der Waals surface area (Å²) >= 11 is 0. The van der Waals surface area contributed by atoms with Crippen LogP contribution in [0.1, 0.15) is 17.0 Å². The van der Waals surface area contributed by atoms with E-state index in [1.165, 1.54) is 5.56 Å². The number of rotatable bonds is 6. The molecule has 2 aromatic carbocycles. The Morgan fingerprint density at radius 1 is 0.926 bits per heavy atom. The van der Waals surface area contributed by atoms with Crippen LogP contribution in [0.5, 0.6) is 0 Å². The Hall–Kier alpha value is -2.44. The zero-order valence-corrected chi connectivity index (χ0v) is 16.0. The predicted molar refractivity (Wildman–Crippen MR) is 105 cm³/mol. The van der Waals surface area contributed by atoms with E-state index < -0.39 is 9.84 Å². The molecular weight excluding hydrogens is 358 g/mol. The summed E-state index contributed by atoms with van der Waals surface area (Å²) in [5.74, 6) is 0.141. The Balaban J connectivity index is 1.39. The highest BCUT2D eigenvalue weighted by Gasteiger charge is 2.21. The summed E-state index contributed by atoms with van der Waals surface area (Å²) in [6.45, 7) is 2.90. The molecule has 0 saturated heterocycles. The van der Waals surface area contributed by atoms with E-state index in [2.05, 4.69) is 27.8 Å². The lowest BCUT2D eigenvalue weighted by Gasteiger charge is -2.27. The van der Waals surface area contributed by atoms with E-state index in [1.54, 1.807) is 24.3 Å². The van der Waals surface area contributed by atoms with Gasteiger partial charge in [0.1, 0.15) is 0 Å². The van der Waals surface area contributed by atoms with Crippen LogP contribution >= 0.6 is 0 Å². The maximum atomic E-state index is 12.5. The number of sulfone groups is 1.